The molecule has 1 fully saturated rings. The quantitative estimate of drug-likeness (QED) is 0.183. The molecule has 3 aromatic carbocycles. The van der Waals surface area contributed by atoms with Crippen LogP contribution in [-0.4, -0.2) is 51.8 Å². The molecule has 4 rings (SSSR count). The first-order chi connectivity index (χ1) is 17.7. The average molecular weight is 598 g/mol. The van der Waals surface area contributed by atoms with Crippen molar-refractivity contribution in [2.75, 3.05) is 29.8 Å². The molecule has 0 unspecified atom stereocenters. The molecular weight excluding hydrogens is 563 g/mol. The minimum Gasteiger partial charge on any atom is -0.490 e. The fourth-order valence-corrected chi connectivity index (χ4v) is 5.63. The summed E-state index contributed by atoms with van der Waals surface area (Å²) in [6, 6.07) is 17.9. The Morgan fingerprint density at radius 3 is 2.33 bits per heavy atom. The number of nitrogens with zero attached hydrogens (tertiary/aromatic N) is 1. The highest BCUT2D eigenvalue weighted by Crippen LogP contribution is 2.27. The SMILES string of the molecule is CCOC(=O)CS(=O)(=O)N(Cc1ccc2ccc(C(=N)N)cc2c1)c1ccc(OC2CCNCC2)cc1.Cl.Cl. The van der Waals surface area contributed by atoms with Crippen LogP contribution in [0, 0.1) is 5.41 Å². The van der Waals surface area contributed by atoms with Crippen LogP contribution in [0.1, 0.15) is 30.9 Å². The monoisotopic (exact) mass is 596 g/mol. The molecule has 212 valence electrons. The summed E-state index contributed by atoms with van der Waals surface area (Å²) < 4.78 is 38.9. The van der Waals surface area contributed by atoms with E-state index in [1.165, 1.54) is 4.31 Å². The maximum atomic E-state index is 13.4. The molecule has 0 spiro atoms. The van der Waals surface area contributed by atoms with Gasteiger partial charge in [-0.1, -0.05) is 24.3 Å². The number of esters is 1. The largest absolute Gasteiger partial charge is 0.490 e. The van der Waals surface area contributed by atoms with Crippen molar-refractivity contribution < 1.29 is 22.7 Å². The lowest BCUT2D eigenvalue weighted by atomic mass is 10.0. The van der Waals surface area contributed by atoms with Crippen molar-refractivity contribution in [3.05, 3.63) is 71.8 Å². The zero-order valence-corrected chi connectivity index (χ0v) is 24.0. The van der Waals surface area contributed by atoms with E-state index in [0.29, 0.717) is 17.0 Å². The van der Waals surface area contributed by atoms with Gasteiger partial charge >= 0.3 is 5.97 Å². The highest BCUT2D eigenvalue weighted by Gasteiger charge is 2.27. The zero-order valence-electron chi connectivity index (χ0n) is 21.6. The Balaban J connectivity index is 0.00000267. The summed E-state index contributed by atoms with van der Waals surface area (Å²) in [4.78, 5) is 12.1. The Labute approximate surface area is 241 Å². The van der Waals surface area contributed by atoms with Crippen LogP contribution >= 0.6 is 24.8 Å². The van der Waals surface area contributed by atoms with E-state index < -0.39 is 21.7 Å². The zero-order chi connectivity index (χ0) is 26.4. The number of anilines is 1. The number of nitrogens with one attached hydrogen (secondary N) is 2. The molecular formula is C27H34Cl2N4O5S. The molecule has 3 aromatic rings. The van der Waals surface area contributed by atoms with Gasteiger partial charge in [0.2, 0.25) is 10.0 Å². The Morgan fingerprint density at radius 2 is 1.69 bits per heavy atom. The molecule has 0 bridgehead atoms. The number of rotatable bonds is 10. The predicted molar refractivity (Wildman–Crippen MR) is 159 cm³/mol. The number of hydrogen-bond donors (Lipinski definition) is 3. The van der Waals surface area contributed by atoms with Crippen LogP contribution in [0.15, 0.2) is 60.7 Å². The van der Waals surface area contributed by atoms with E-state index in [1.54, 1.807) is 43.3 Å². The lowest BCUT2D eigenvalue weighted by Crippen LogP contribution is -2.36. The van der Waals surface area contributed by atoms with Crippen LogP contribution in [0.2, 0.25) is 0 Å². The van der Waals surface area contributed by atoms with E-state index >= 15 is 0 Å². The molecule has 1 aliphatic rings. The number of carbonyl (C=O) groups is 1. The van der Waals surface area contributed by atoms with Crippen LogP contribution in [0.25, 0.3) is 10.8 Å². The second-order valence-corrected chi connectivity index (χ2v) is 10.8. The van der Waals surface area contributed by atoms with Crippen LogP contribution in [0.3, 0.4) is 0 Å². The Bertz CT molecular complexity index is 1380. The van der Waals surface area contributed by atoms with Crippen molar-refractivity contribution in [3.63, 3.8) is 0 Å². The van der Waals surface area contributed by atoms with Gasteiger partial charge in [-0.2, -0.15) is 0 Å². The first-order valence-electron chi connectivity index (χ1n) is 12.3. The number of benzene rings is 3. The Kier molecular flexibility index (Phi) is 11.8. The third-order valence-electron chi connectivity index (χ3n) is 6.20. The summed E-state index contributed by atoms with van der Waals surface area (Å²) in [5, 5.41) is 12.8. The number of sulfonamides is 1. The van der Waals surface area contributed by atoms with Crippen molar-refractivity contribution in [3.8, 4) is 5.75 Å². The molecule has 0 radical (unpaired) electrons. The van der Waals surface area contributed by atoms with Gasteiger partial charge in [-0.15, -0.1) is 24.8 Å². The third kappa shape index (κ3) is 8.47. The summed E-state index contributed by atoms with van der Waals surface area (Å²) in [6.07, 6.45) is 1.94. The van der Waals surface area contributed by atoms with Gasteiger partial charge in [0, 0.05) is 5.56 Å². The van der Waals surface area contributed by atoms with Gasteiger partial charge in [-0.05, 0) is 85.6 Å². The maximum Gasteiger partial charge on any atom is 0.323 e. The number of carbonyl (C=O) groups excluding carboxylic acids is 1. The first-order valence-corrected chi connectivity index (χ1v) is 13.9. The number of halogens is 2. The smallest absolute Gasteiger partial charge is 0.323 e. The van der Waals surface area contributed by atoms with Crippen LogP contribution in [0.5, 0.6) is 5.75 Å². The van der Waals surface area contributed by atoms with Crippen LogP contribution in [-0.2, 0) is 26.1 Å². The molecule has 0 amide bonds. The van der Waals surface area contributed by atoms with Crippen molar-refractivity contribution in [1.82, 2.24) is 5.32 Å². The van der Waals surface area contributed by atoms with Crippen LogP contribution < -0.4 is 20.1 Å². The third-order valence-corrected chi connectivity index (χ3v) is 7.81. The normalized spacial score (nSPS) is 13.6. The van der Waals surface area contributed by atoms with Crippen molar-refractivity contribution >= 4 is 63.1 Å². The molecule has 1 heterocycles. The van der Waals surface area contributed by atoms with Gasteiger partial charge < -0.3 is 20.5 Å². The lowest BCUT2D eigenvalue weighted by Gasteiger charge is -2.26. The van der Waals surface area contributed by atoms with Crippen molar-refractivity contribution in [2.24, 2.45) is 5.73 Å². The second kappa shape index (κ2) is 14.4. The highest BCUT2D eigenvalue weighted by molar-refractivity contribution is 7.93. The van der Waals surface area contributed by atoms with E-state index in [4.69, 9.17) is 20.6 Å². The minimum absolute atomic E-state index is 0. The number of hydrogen-bond acceptors (Lipinski definition) is 7. The number of nitrogen functional groups attached to an aromatic ring is 1. The lowest BCUT2D eigenvalue weighted by molar-refractivity contribution is -0.139. The van der Waals surface area contributed by atoms with Gasteiger partial charge in [0.15, 0.2) is 5.75 Å². The fourth-order valence-electron chi connectivity index (χ4n) is 4.30. The molecule has 4 N–H and O–H groups in total. The number of fused-ring (bicyclic) bond motifs is 1. The molecule has 1 aliphatic heterocycles. The summed E-state index contributed by atoms with van der Waals surface area (Å²) in [7, 11) is -4.05. The van der Waals surface area contributed by atoms with E-state index in [9.17, 15) is 13.2 Å². The van der Waals surface area contributed by atoms with Crippen molar-refractivity contribution in [1.29, 1.82) is 5.41 Å². The molecule has 0 aromatic heterocycles. The summed E-state index contributed by atoms with van der Waals surface area (Å²) in [5.41, 5.74) is 7.36. The molecule has 0 saturated carbocycles. The van der Waals surface area contributed by atoms with E-state index in [1.807, 2.05) is 24.3 Å². The molecule has 0 atom stereocenters. The topological polar surface area (TPSA) is 135 Å². The van der Waals surface area contributed by atoms with E-state index in [-0.39, 0.29) is 49.9 Å². The van der Waals surface area contributed by atoms with Gasteiger partial charge in [0.05, 0.1) is 18.8 Å². The van der Waals surface area contributed by atoms with Crippen LogP contribution in [0.4, 0.5) is 5.69 Å². The Morgan fingerprint density at radius 1 is 1.03 bits per heavy atom. The number of ether oxygens (including phenoxy) is 2. The van der Waals surface area contributed by atoms with Gasteiger partial charge in [-0.25, -0.2) is 8.42 Å². The van der Waals surface area contributed by atoms with E-state index in [2.05, 4.69) is 5.32 Å². The maximum absolute atomic E-state index is 13.4. The summed E-state index contributed by atoms with van der Waals surface area (Å²) in [5.74, 6) is -0.947. The second-order valence-electron chi connectivity index (χ2n) is 8.94. The summed E-state index contributed by atoms with van der Waals surface area (Å²) in [6.45, 7) is 3.55. The predicted octanol–water partition coefficient (Wildman–Crippen LogP) is 4.00. The fraction of sp³-hybridized carbons (Fsp3) is 0.333. The van der Waals surface area contributed by atoms with Gasteiger partial charge in [0.25, 0.3) is 0 Å². The number of nitrogens with two attached hydrogens (primary N) is 1. The minimum atomic E-state index is -4.05. The molecule has 9 nitrogen and oxygen atoms in total. The first kappa shape index (κ1) is 32.2. The number of piperidine rings is 1. The van der Waals surface area contributed by atoms with Gasteiger partial charge in [-0.3, -0.25) is 14.5 Å². The van der Waals surface area contributed by atoms with E-state index in [0.717, 1.165) is 42.3 Å². The highest BCUT2D eigenvalue weighted by atomic mass is 35.5. The van der Waals surface area contributed by atoms with Gasteiger partial charge in [0.1, 0.15) is 17.7 Å². The Hall–Kier alpha value is -3.05. The molecule has 1 saturated heterocycles. The summed E-state index contributed by atoms with van der Waals surface area (Å²) >= 11 is 0. The standard InChI is InChI=1S/C27H32N4O5S.2ClH/c1-2-35-26(32)18-37(33,34)31(23-7-9-24(10-8-23)36-25-11-13-30-14-12-25)17-19-3-4-20-5-6-21(27(28)29)16-22(20)15-19;;/h3-10,15-16,25,30H,2,11-14,17-18H2,1H3,(H3,28,29);2*1H. The average Bonchev–Trinajstić information content (AvgIpc) is 2.87. The molecule has 0 aliphatic carbocycles. The molecule has 39 heavy (non-hydrogen) atoms. The molecule has 12 heteroatoms. The van der Waals surface area contributed by atoms with Crippen molar-refractivity contribution in [2.45, 2.75) is 32.4 Å². The number of amidine groups is 1.